The molecule has 0 unspecified atom stereocenters. The highest BCUT2D eigenvalue weighted by molar-refractivity contribution is 5.83. The molecular weight excluding hydrogens is 398 g/mol. The lowest BCUT2D eigenvalue weighted by Crippen LogP contribution is -2.52. The van der Waals surface area contributed by atoms with Crippen molar-refractivity contribution < 1.29 is 33.3 Å². The van der Waals surface area contributed by atoms with Gasteiger partial charge in [-0.3, -0.25) is 14.2 Å². The number of aromatic nitrogens is 4. The van der Waals surface area contributed by atoms with Crippen LogP contribution in [-0.4, -0.2) is 61.3 Å². The van der Waals surface area contributed by atoms with Crippen molar-refractivity contribution in [2.75, 3.05) is 5.73 Å². The third-order valence-electron chi connectivity index (χ3n) is 5.29. The molecule has 2 aliphatic rings. The number of hydrogen-bond acceptors (Lipinski definition) is 11. The highest BCUT2D eigenvalue weighted by Gasteiger charge is 2.65. The zero-order valence-corrected chi connectivity index (χ0v) is 16.4. The lowest BCUT2D eigenvalue weighted by atomic mass is 9.91. The number of carbonyl (C=O) groups excluding carboxylic acids is 3. The molecule has 30 heavy (non-hydrogen) atoms. The molecule has 4 rings (SSSR count). The van der Waals surface area contributed by atoms with Crippen LogP contribution >= 0.6 is 0 Å². The first-order valence-corrected chi connectivity index (χ1v) is 9.42. The van der Waals surface area contributed by atoms with Gasteiger partial charge < -0.3 is 24.7 Å². The summed E-state index contributed by atoms with van der Waals surface area (Å²) in [5, 5.41) is 0. The molecule has 4 atom stereocenters. The lowest BCUT2D eigenvalue weighted by molar-refractivity contribution is -0.186. The van der Waals surface area contributed by atoms with Crippen LogP contribution in [-0.2, 0) is 40.1 Å². The van der Waals surface area contributed by atoms with Gasteiger partial charge in [0.05, 0.1) is 6.33 Å². The smallest absolute Gasteiger partial charge is 0.352 e. The predicted molar refractivity (Wildman–Crippen MR) is 98.4 cm³/mol. The molecule has 1 spiro atoms. The maximum absolute atomic E-state index is 12.5. The number of anilines is 1. The molecule has 3 heterocycles. The van der Waals surface area contributed by atoms with E-state index < -0.39 is 41.8 Å². The number of carbonyl (C=O) groups is 3. The largest absolute Gasteiger partial charge is 0.453 e. The molecule has 12 nitrogen and oxygen atoms in total. The summed E-state index contributed by atoms with van der Waals surface area (Å²) in [5.41, 5.74) is 5.50. The second-order valence-electron chi connectivity index (χ2n) is 7.26. The third-order valence-corrected chi connectivity index (χ3v) is 5.29. The van der Waals surface area contributed by atoms with Gasteiger partial charge in [0.25, 0.3) is 0 Å². The summed E-state index contributed by atoms with van der Waals surface area (Å²) in [6.07, 6.45) is 1.44. The summed E-state index contributed by atoms with van der Waals surface area (Å²) in [6, 6.07) is 0. The molecule has 2 aromatic rings. The van der Waals surface area contributed by atoms with Crippen molar-refractivity contribution in [3.8, 4) is 0 Å². The number of ether oxygens (including phenoxy) is 4. The standard InChI is InChI=1S/C18H21N5O7/c1-9(24)28-13-14(29-10(2)25)18(30-17(13)26)5-3-4-11(18)27-8-23-7-22-12-15(19)20-6-21-16(12)23/h6-7,11,13-14H,3-5,8H2,1-2H3,(H2,19,20,21)/t11-,13-,14+,18-/m1/s1. The van der Waals surface area contributed by atoms with Crippen molar-refractivity contribution in [3.05, 3.63) is 12.7 Å². The SMILES string of the molecule is CC(=O)O[C@H]1C(=O)O[C@@]2(CCC[C@H]2OCn2cnc3c(N)ncnc32)[C@H]1OC(C)=O. The van der Waals surface area contributed by atoms with Crippen LogP contribution < -0.4 is 5.73 Å². The Labute approximate surface area is 170 Å². The zero-order chi connectivity index (χ0) is 21.5. The lowest BCUT2D eigenvalue weighted by Gasteiger charge is -2.34. The maximum Gasteiger partial charge on any atom is 0.352 e. The molecule has 0 bridgehead atoms. The van der Waals surface area contributed by atoms with Crippen LogP contribution in [0.25, 0.3) is 11.2 Å². The van der Waals surface area contributed by atoms with Gasteiger partial charge >= 0.3 is 17.9 Å². The number of nitrogens with zero attached hydrogens (tertiary/aromatic N) is 4. The van der Waals surface area contributed by atoms with E-state index in [1.54, 1.807) is 4.57 Å². The van der Waals surface area contributed by atoms with Gasteiger partial charge in [0.1, 0.15) is 24.7 Å². The van der Waals surface area contributed by atoms with E-state index in [1.165, 1.54) is 26.5 Å². The summed E-state index contributed by atoms with van der Waals surface area (Å²) in [4.78, 5) is 47.9. The molecule has 2 fully saturated rings. The van der Waals surface area contributed by atoms with E-state index in [9.17, 15) is 14.4 Å². The number of nitrogen functional groups attached to an aromatic ring is 1. The minimum Gasteiger partial charge on any atom is -0.453 e. The molecular formula is C18H21N5O7. The molecule has 0 radical (unpaired) electrons. The molecule has 1 saturated carbocycles. The molecule has 2 aromatic heterocycles. The highest BCUT2D eigenvalue weighted by Crippen LogP contribution is 2.46. The number of rotatable bonds is 5. The fraction of sp³-hybridized carbons (Fsp3) is 0.556. The van der Waals surface area contributed by atoms with Gasteiger partial charge in [-0.2, -0.15) is 0 Å². The molecule has 1 aliphatic heterocycles. The van der Waals surface area contributed by atoms with Gasteiger partial charge in [-0.15, -0.1) is 0 Å². The van der Waals surface area contributed by atoms with Crippen LogP contribution in [0.3, 0.4) is 0 Å². The van der Waals surface area contributed by atoms with Crippen molar-refractivity contribution in [1.29, 1.82) is 0 Å². The first-order chi connectivity index (χ1) is 14.3. The Balaban J connectivity index is 1.58. The normalized spacial score (nSPS) is 28.1. The Morgan fingerprint density at radius 1 is 1.27 bits per heavy atom. The van der Waals surface area contributed by atoms with E-state index in [0.29, 0.717) is 30.4 Å². The summed E-state index contributed by atoms with van der Waals surface area (Å²) in [5.74, 6) is -1.81. The van der Waals surface area contributed by atoms with Crippen molar-refractivity contribution >= 4 is 34.9 Å². The molecule has 160 valence electrons. The monoisotopic (exact) mass is 419 g/mol. The molecule has 2 N–H and O–H groups in total. The fourth-order valence-electron chi connectivity index (χ4n) is 4.11. The van der Waals surface area contributed by atoms with Crippen LogP contribution in [0.2, 0.25) is 0 Å². The van der Waals surface area contributed by atoms with Crippen molar-refractivity contribution in [3.63, 3.8) is 0 Å². The van der Waals surface area contributed by atoms with E-state index in [2.05, 4.69) is 15.0 Å². The van der Waals surface area contributed by atoms with Crippen LogP contribution in [0.4, 0.5) is 5.82 Å². The Morgan fingerprint density at radius 3 is 2.77 bits per heavy atom. The van der Waals surface area contributed by atoms with Crippen molar-refractivity contribution in [1.82, 2.24) is 19.5 Å². The Morgan fingerprint density at radius 2 is 2.03 bits per heavy atom. The van der Waals surface area contributed by atoms with Gasteiger partial charge in [-0.25, -0.2) is 19.7 Å². The summed E-state index contributed by atoms with van der Waals surface area (Å²) in [6.45, 7) is 2.43. The molecule has 12 heteroatoms. The van der Waals surface area contributed by atoms with Gasteiger partial charge in [0.15, 0.2) is 23.2 Å². The van der Waals surface area contributed by atoms with Gasteiger partial charge in [-0.05, 0) is 19.3 Å². The molecule has 0 aromatic carbocycles. The average molecular weight is 419 g/mol. The van der Waals surface area contributed by atoms with Crippen molar-refractivity contribution in [2.45, 2.75) is 63.8 Å². The van der Waals surface area contributed by atoms with E-state index in [-0.39, 0.29) is 12.5 Å². The van der Waals surface area contributed by atoms with E-state index >= 15 is 0 Å². The second kappa shape index (κ2) is 7.52. The third kappa shape index (κ3) is 3.32. The fourth-order valence-corrected chi connectivity index (χ4v) is 4.11. The molecule has 1 saturated heterocycles. The highest BCUT2D eigenvalue weighted by atomic mass is 16.7. The summed E-state index contributed by atoms with van der Waals surface area (Å²) < 4.78 is 23.8. The zero-order valence-electron chi connectivity index (χ0n) is 16.4. The predicted octanol–water partition coefficient (Wildman–Crippen LogP) is 0.0941. The van der Waals surface area contributed by atoms with E-state index in [0.717, 1.165) is 0 Å². The summed E-state index contributed by atoms with van der Waals surface area (Å²) >= 11 is 0. The number of hydrogen-bond donors (Lipinski definition) is 1. The minimum atomic E-state index is -1.34. The summed E-state index contributed by atoms with van der Waals surface area (Å²) in [7, 11) is 0. The van der Waals surface area contributed by atoms with Crippen LogP contribution in [0.5, 0.6) is 0 Å². The van der Waals surface area contributed by atoms with Gasteiger partial charge in [-0.1, -0.05) is 0 Å². The number of esters is 3. The quantitative estimate of drug-likeness (QED) is 0.517. The van der Waals surface area contributed by atoms with Gasteiger partial charge in [0, 0.05) is 13.8 Å². The molecule has 0 amide bonds. The first-order valence-electron chi connectivity index (χ1n) is 9.42. The average Bonchev–Trinajstić information content (AvgIpc) is 3.33. The Kier molecular flexibility index (Phi) is 5.02. The topological polar surface area (TPSA) is 158 Å². The minimum absolute atomic E-state index is 0.0436. The second-order valence-corrected chi connectivity index (χ2v) is 7.26. The maximum atomic E-state index is 12.5. The Bertz CT molecular complexity index is 1010. The van der Waals surface area contributed by atoms with Crippen LogP contribution in [0.1, 0.15) is 33.1 Å². The van der Waals surface area contributed by atoms with Gasteiger partial charge in [0.2, 0.25) is 6.10 Å². The van der Waals surface area contributed by atoms with E-state index in [1.807, 2.05) is 0 Å². The van der Waals surface area contributed by atoms with Crippen LogP contribution in [0.15, 0.2) is 12.7 Å². The number of fused-ring (bicyclic) bond motifs is 1. The van der Waals surface area contributed by atoms with Crippen molar-refractivity contribution in [2.24, 2.45) is 0 Å². The number of nitrogens with two attached hydrogens (primary N) is 1. The van der Waals surface area contributed by atoms with E-state index in [4.69, 9.17) is 24.7 Å². The van der Waals surface area contributed by atoms with Crippen LogP contribution in [0, 0.1) is 0 Å². The first kappa shape index (κ1) is 20.0. The molecule has 1 aliphatic carbocycles. The number of imidazole rings is 1. The Hall–Kier alpha value is -3.28.